The van der Waals surface area contributed by atoms with E-state index in [0.717, 1.165) is 11.1 Å². The predicted molar refractivity (Wildman–Crippen MR) is 86.0 cm³/mol. The summed E-state index contributed by atoms with van der Waals surface area (Å²) in [6.45, 7) is 0. The Balaban J connectivity index is 1.90. The SMILES string of the molecule is O=[N+]([O-])c1cccc(C=Cc2ccc3ccccc3c2)c1. The molecule has 3 aromatic rings. The van der Waals surface area contributed by atoms with E-state index >= 15 is 0 Å². The molecule has 21 heavy (non-hydrogen) atoms. The van der Waals surface area contributed by atoms with Crippen LogP contribution >= 0.6 is 0 Å². The minimum absolute atomic E-state index is 0.107. The number of rotatable bonds is 3. The van der Waals surface area contributed by atoms with Crippen molar-refractivity contribution in [2.45, 2.75) is 0 Å². The number of fused-ring (bicyclic) bond motifs is 1. The Hall–Kier alpha value is -2.94. The van der Waals surface area contributed by atoms with Gasteiger partial charge in [0.25, 0.3) is 5.69 Å². The normalized spacial score (nSPS) is 11.0. The number of hydrogen-bond acceptors (Lipinski definition) is 2. The summed E-state index contributed by atoms with van der Waals surface area (Å²) in [5.74, 6) is 0. The van der Waals surface area contributed by atoms with E-state index in [4.69, 9.17) is 0 Å². The third-order valence-corrected chi connectivity index (χ3v) is 3.32. The Morgan fingerprint density at radius 1 is 0.762 bits per heavy atom. The van der Waals surface area contributed by atoms with E-state index in [1.165, 1.54) is 16.8 Å². The minimum Gasteiger partial charge on any atom is -0.258 e. The third kappa shape index (κ3) is 2.98. The fraction of sp³-hybridized carbons (Fsp3) is 0. The highest BCUT2D eigenvalue weighted by atomic mass is 16.6. The fourth-order valence-corrected chi connectivity index (χ4v) is 2.25. The van der Waals surface area contributed by atoms with Gasteiger partial charge in [-0.25, -0.2) is 0 Å². The van der Waals surface area contributed by atoms with Crippen LogP contribution in [0, 0.1) is 10.1 Å². The first kappa shape index (κ1) is 13.1. The van der Waals surface area contributed by atoms with Crippen molar-refractivity contribution in [2.24, 2.45) is 0 Å². The molecule has 102 valence electrons. The Morgan fingerprint density at radius 3 is 2.24 bits per heavy atom. The molecule has 0 radical (unpaired) electrons. The Labute approximate surface area is 122 Å². The first-order valence-corrected chi connectivity index (χ1v) is 6.64. The van der Waals surface area contributed by atoms with Gasteiger partial charge in [-0.05, 0) is 28.0 Å². The molecule has 3 rings (SSSR count). The first-order chi connectivity index (χ1) is 10.2. The lowest BCUT2D eigenvalue weighted by atomic mass is 10.1. The lowest BCUT2D eigenvalue weighted by Crippen LogP contribution is -1.87. The van der Waals surface area contributed by atoms with Crippen molar-refractivity contribution in [1.82, 2.24) is 0 Å². The number of benzene rings is 3. The molecule has 0 N–H and O–H groups in total. The van der Waals surface area contributed by atoms with Crippen molar-refractivity contribution in [1.29, 1.82) is 0 Å². The maximum Gasteiger partial charge on any atom is 0.270 e. The molecule has 0 saturated carbocycles. The summed E-state index contributed by atoms with van der Waals surface area (Å²) in [7, 11) is 0. The molecule has 3 nitrogen and oxygen atoms in total. The van der Waals surface area contributed by atoms with Crippen LogP contribution in [0.5, 0.6) is 0 Å². The zero-order chi connectivity index (χ0) is 14.7. The van der Waals surface area contributed by atoms with Gasteiger partial charge >= 0.3 is 0 Å². The van der Waals surface area contributed by atoms with Crippen molar-refractivity contribution in [2.75, 3.05) is 0 Å². The van der Waals surface area contributed by atoms with Crippen molar-refractivity contribution < 1.29 is 4.92 Å². The number of nitrogens with zero attached hydrogens (tertiary/aromatic N) is 1. The quantitative estimate of drug-likeness (QED) is 0.387. The Morgan fingerprint density at radius 2 is 1.48 bits per heavy atom. The largest absolute Gasteiger partial charge is 0.270 e. The molecule has 0 aliphatic carbocycles. The van der Waals surface area contributed by atoms with E-state index in [1.54, 1.807) is 12.1 Å². The average Bonchev–Trinajstić information content (AvgIpc) is 2.53. The summed E-state index contributed by atoms with van der Waals surface area (Å²) in [5.41, 5.74) is 1.99. The third-order valence-electron chi connectivity index (χ3n) is 3.32. The lowest BCUT2D eigenvalue weighted by Gasteiger charge is -1.99. The van der Waals surface area contributed by atoms with Gasteiger partial charge in [0.05, 0.1) is 4.92 Å². The van der Waals surface area contributed by atoms with E-state index in [2.05, 4.69) is 24.3 Å². The molecular formula is C18H13NO2. The summed E-state index contributed by atoms with van der Waals surface area (Å²) in [6.07, 6.45) is 3.85. The van der Waals surface area contributed by atoms with Crippen molar-refractivity contribution in [3.63, 3.8) is 0 Å². The molecule has 0 aliphatic rings. The van der Waals surface area contributed by atoms with E-state index in [9.17, 15) is 10.1 Å². The van der Waals surface area contributed by atoms with Crippen molar-refractivity contribution >= 4 is 28.6 Å². The molecule has 0 aromatic heterocycles. The maximum absolute atomic E-state index is 10.8. The second kappa shape index (κ2) is 5.59. The van der Waals surface area contributed by atoms with Crippen LogP contribution in [0.1, 0.15) is 11.1 Å². The van der Waals surface area contributed by atoms with Crippen LogP contribution in [-0.2, 0) is 0 Å². The number of nitro benzene ring substituents is 1. The molecule has 0 spiro atoms. The molecule has 0 fully saturated rings. The van der Waals surface area contributed by atoms with Gasteiger partial charge < -0.3 is 0 Å². The topological polar surface area (TPSA) is 43.1 Å². The van der Waals surface area contributed by atoms with Crippen LogP contribution in [0.25, 0.3) is 22.9 Å². The predicted octanol–water partition coefficient (Wildman–Crippen LogP) is 4.92. The number of non-ortho nitro benzene ring substituents is 1. The molecular weight excluding hydrogens is 262 g/mol. The molecule has 0 unspecified atom stereocenters. The van der Waals surface area contributed by atoms with Gasteiger partial charge in [0.15, 0.2) is 0 Å². The second-order valence-electron chi connectivity index (χ2n) is 4.79. The van der Waals surface area contributed by atoms with Gasteiger partial charge in [0.1, 0.15) is 0 Å². The van der Waals surface area contributed by atoms with Gasteiger partial charge in [-0.1, -0.05) is 60.7 Å². The molecule has 0 bridgehead atoms. The maximum atomic E-state index is 10.8. The van der Waals surface area contributed by atoms with Gasteiger partial charge in [-0.3, -0.25) is 10.1 Å². The smallest absolute Gasteiger partial charge is 0.258 e. The highest BCUT2D eigenvalue weighted by Crippen LogP contribution is 2.19. The summed E-state index contributed by atoms with van der Waals surface area (Å²) in [5, 5.41) is 13.1. The van der Waals surface area contributed by atoms with E-state index in [0.29, 0.717) is 0 Å². The van der Waals surface area contributed by atoms with Gasteiger partial charge in [0, 0.05) is 12.1 Å². The van der Waals surface area contributed by atoms with Crippen LogP contribution in [0.15, 0.2) is 66.7 Å². The molecule has 3 heteroatoms. The highest BCUT2D eigenvalue weighted by Gasteiger charge is 2.03. The monoisotopic (exact) mass is 275 g/mol. The lowest BCUT2D eigenvalue weighted by molar-refractivity contribution is -0.384. The molecule has 0 aliphatic heterocycles. The molecule has 0 amide bonds. The summed E-state index contributed by atoms with van der Waals surface area (Å²) < 4.78 is 0. The molecule has 0 atom stereocenters. The number of nitro groups is 1. The standard InChI is InChI=1S/C18H13NO2/c20-19(21)18-7-3-4-14(13-18)8-9-15-10-11-16-5-1-2-6-17(16)12-15/h1-13H. The zero-order valence-corrected chi connectivity index (χ0v) is 11.3. The summed E-state index contributed by atoms with van der Waals surface area (Å²) >= 11 is 0. The van der Waals surface area contributed by atoms with Crippen LogP contribution in [0.3, 0.4) is 0 Å². The van der Waals surface area contributed by atoms with Gasteiger partial charge in [0.2, 0.25) is 0 Å². The summed E-state index contributed by atoms with van der Waals surface area (Å²) in [4.78, 5) is 10.4. The minimum atomic E-state index is -0.382. The van der Waals surface area contributed by atoms with Crippen LogP contribution < -0.4 is 0 Å². The van der Waals surface area contributed by atoms with E-state index < -0.39 is 0 Å². The fourth-order valence-electron chi connectivity index (χ4n) is 2.25. The zero-order valence-electron chi connectivity index (χ0n) is 11.3. The van der Waals surface area contributed by atoms with Crippen molar-refractivity contribution in [3.8, 4) is 0 Å². The van der Waals surface area contributed by atoms with Crippen LogP contribution in [0.4, 0.5) is 5.69 Å². The summed E-state index contributed by atoms with van der Waals surface area (Å²) in [6, 6.07) is 21.0. The molecule has 3 aromatic carbocycles. The van der Waals surface area contributed by atoms with E-state index in [1.807, 2.05) is 36.4 Å². The van der Waals surface area contributed by atoms with Gasteiger partial charge in [-0.15, -0.1) is 0 Å². The second-order valence-corrected chi connectivity index (χ2v) is 4.79. The van der Waals surface area contributed by atoms with Crippen molar-refractivity contribution in [3.05, 3.63) is 88.0 Å². The van der Waals surface area contributed by atoms with Crippen LogP contribution in [-0.4, -0.2) is 4.92 Å². The van der Waals surface area contributed by atoms with Gasteiger partial charge in [-0.2, -0.15) is 0 Å². The Bertz CT molecular complexity index is 837. The Kier molecular flexibility index (Phi) is 3.48. The van der Waals surface area contributed by atoms with Crippen LogP contribution in [0.2, 0.25) is 0 Å². The molecule has 0 heterocycles. The van der Waals surface area contributed by atoms with E-state index in [-0.39, 0.29) is 10.6 Å². The highest BCUT2D eigenvalue weighted by molar-refractivity contribution is 5.86. The average molecular weight is 275 g/mol. The first-order valence-electron chi connectivity index (χ1n) is 6.64. The number of hydrogen-bond donors (Lipinski definition) is 0. The molecule has 0 saturated heterocycles.